The number of hydrogen-bond donors (Lipinski definition) is 2. The van der Waals surface area contributed by atoms with Gasteiger partial charge in [0.25, 0.3) is 0 Å². The van der Waals surface area contributed by atoms with Gasteiger partial charge >= 0.3 is 0 Å². The fraction of sp³-hybridized carbons (Fsp3) is 0.600. The molecule has 6 nitrogen and oxygen atoms in total. The molecule has 1 aromatic rings. The van der Waals surface area contributed by atoms with Crippen LogP contribution in [-0.4, -0.2) is 46.7 Å². The topological polar surface area (TPSA) is 76.4 Å². The number of halogens is 1. The van der Waals surface area contributed by atoms with E-state index in [2.05, 4.69) is 10.4 Å². The first kappa shape index (κ1) is 18.7. The molecule has 0 radical (unpaired) electrons. The van der Waals surface area contributed by atoms with Crippen molar-refractivity contribution < 1.29 is 14.6 Å². The molecule has 1 unspecified atom stereocenters. The minimum Gasteiger partial charge on any atom is -0.389 e. The third-order valence-corrected chi connectivity index (χ3v) is 3.32. The highest BCUT2D eigenvalue weighted by Crippen LogP contribution is 2.19. The van der Waals surface area contributed by atoms with Crippen LogP contribution in [0.15, 0.2) is 6.08 Å². The Bertz CT molecular complexity index is 526. The van der Waals surface area contributed by atoms with Gasteiger partial charge in [-0.2, -0.15) is 5.10 Å². The van der Waals surface area contributed by atoms with E-state index in [-0.39, 0.29) is 19.1 Å². The van der Waals surface area contributed by atoms with Gasteiger partial charge < -0.3 is 15.2 Å². The number of ether oxygens (including phenoxy) is 1. The Kier molecular flexibility index (Phi) is 7.58. The average molecular weight is 330 g/mol. The van der Waals surface area contributed by atoms with Gasteiger partial charge in [-0.15, -0.1) is 0 Å². The summed E-state index contributed by atoms with van der Waals surface area (Å²) in [7, 11) is 1.74. The number of amides is 1. The summed E-state index contributed by atoms with van der Waals surface area (Å²) in [6.45, 7) is 6.81. The molecule has 0 saturated carbocycles. The van der Waals surface area contributed by atoms with Crippen molar-refractivity contribution in [3.05, 3.63) is 22.5 Å². The highest BCUT2D eigenvalue weighted by molar-refractivity contribution is 6.31. The summed E-state index contributed by atoms with van der Waals surface area (Å²) in [5.41, 5.74) is 1.46. The van der Waals surface area contributed by atoms with Crippen molar-refractivity contribution >= 4 is 23.6 Å². The summed E-state index contributed by atoms with van der Waals surface area (Å²) in [5.74, 6) is 0.111. The van der Waals surface area contributed by atoms with Crippen molar-refractivity contribution in [2.24, 2.45) is 13.0 Å². The van der Waals surface area contributed by atoms with E-state index >= 15 is 0 Å². The molecule has 0 aliphatic heterocycles. The first-order valence-electron chi connectivity index (χ1n) is 7.22. The van der Waals surface area contributed by atoms with Crippen LogP contribution in [0, 0.1) is 12.8 Å². The number of hydrogen-bond acceptors (Lipinski definition) is 4. The van der Waals surface area contributed by atoms with Crippen LogP contribution in [0.2, 0.25) is 5.15 Å². The second kappa shape index (κ2) is 8.92. The molecular formula is C15H24ClN3O3. The van der Waals surface area contributed by atoms with E-state index < -0.39 is 6.10 Å². The Morgan fingerprint density at radius 3 is 2.73 bits per heavy atom. The summed E-state index contributed by atoms with van der Waals surface area (Å²) in [5, 5.41) is 16.9. The van der Waals surface area contributed by atoms with E-state index in [1.54, 1.807) is 17.8 Å². The van der Waals surface area contributed by atoms with Crippen LogP contribution in [-0.2, 0) is 16.6 Å². The molecule has 1 amide bonds. The van der Waals surface area contributed by atoms with E-state index in [0.717, 1.165) is 5.69 Å². The molecule has 0 spiro atoms. The third kappa shape index (κ3) is 6.17. The zero-order chi connectivity index (χ0) is 16.7. The van der Waals surface area contributed by atoms with E-state index in [9.17, 15) is 9.90 Å². The van der Waals surface area contributed by atoms with E-state index in [1.807, 2.05) is 20.8 Å². The molecule has 7 heteroatoms. The van der Waals surface area contributed by atoms with Gasteiger partial charge in [0.2, 0.25) is 5.91 Å². The van der Waals surface area contributed by atoms with Crippen LogP contribution >= 0.6 is 11.6 Å². The molecular weight excluding hydrogens is 306 g/mol. The number of carbonyl (C=O) groups excluding carboxylic acids is 1. The molecule has 2 N–H and O–H groups in total. The number of rotatable bonds is 8. The molecule has 22 heavy (non-hydrogen) atoms. The quantitative estimate of drug-likeness (QED) is 0.709. The molecule has 124 valence electrons. The summed E-state index contributed by atoms with van der Waals surface area (Å²) in [4.78, 5) is 11.7. The minimum atomic E-state index is -0.722. The van der Waals surface area contributed by atoms with Gasteiger partial charge in [0.15, 0.2) is 0 Å². The van der Waals surface area contributed by atoms with Gasteiger partial charge in [-0.25, -0.2) is 0 Å². The normalized spacial score (nSPS) is 13.0. The monoisotopic (exact) mass is 329 g/mol. The molecule has 1 heterocycles. The Labute approximate surface area is 136 Å². The summed E-state index contributed by atoms with van der Waals surface area (Å²) in [6, 6.07) is 0. The third-order valence-electron chi connectivity index (χ3n) is 2.87. The summed E-state index contributed by atoms with van der Waals surface area (Å²) in [6.07, 6.45) is 2.26. The first-order valence-corrected chi connectivity index (χ1v) is 7.59. The van der Waals surface area contributed by atoms with Gasteiger partial charge in [0.1, 0.15) is 5.15 Å². The standard InChI is InChI=1S/C15H24ClN3O3/c1-10(2)8-22-9-12(20)7-17-14(21)6-5-13-11(3)18-19(4)15(13)16/h5-6,10,12,20H,7-9H2,1-4H3,(H,17,21)/b6-5+. The Morgan fingerprint density at radius 1 is 1.50 bits per heavy atom. The predicted octanol–water partition coefficient (Wildman–Crippen LogP) is 1.54. The number of aryl methyl sites for hydroxylation is 2. The number of nitrogens with zero attached hydrogens (tertiary/aromatic N) is 2. The lowest BCUT2D eigenvalue weighted by Gasteiger charge is -2.12. The molecule has 0 aromatic carbocycles. The Hall–Kier alpha value is -1.37. The lowest BCUT2D eigenvalue weighted by Crippen LogP contribution is -2.33. The maximum absolute atomic E-state index is 11.7. The molecule has 0 fully saturated rings. The molecule has 0 bridgehead atoms. The largest absolute Gasteiger partial charge is 0.389 e. The number of aromatic nitrogens is 2. The van der Waals surface area contributed by atoms with Gasteiger partial charge in [0.05, 0.1) is 18.4 Å². The molecule has 0 aliphatic carbocycles. The maximum Gasteiger partial charge on any atom is 0.244 e. The van der Waals surface area contributed by atoms with Crippen LogP contribution in [0.25, 0.3) is 6.08 Å². The maximum atomic E-state index is 11.7. The molecule has 1 rings (SSSR count). The van der Waals surface area contributed by atoms with Crippen molar-refractivity contribution in [1.29, 1.82) is 0 Å². The lowest BCUT2D eigenvalue weighted by atomic mass is 10.2. The zero-order valence-electron chi connectivity index (χ0n) is 13.5. The van der Waals surface area contributed by atoms with Crippen LogP contribution in [0.3, 0.4) is 0 Å². The van der Waals surface area contributed by atoms with E-state index in [4.69, 9.17) is 16.3 Å². The predicted molar refractivity (Wildman–Crippen MR) is 86.7 cm³/mol. The number of nitrogens with one attached hydrogen (secondary N) is 1. The molecule has 0 saturated heterocycles. The minimum absolute atomic E-state index is 0.140. The average Bonchev–Trinajstić information content (AvgIpc) is 2.67. The van der Waals surface area contributed by atoms with Crippen molar-refractivity contribution in [2.45, 2.75) is 26.9 Å². The van der Waals surface area contributed by atoms with Crippen LogP contribution in [0.1, 0.15) is 25.1 Å². The molecule has 1 aromatic heterocycles. The van der Waals surface area contributed by atoms with E-state index in [1.165, 1.54) is 6.08 Å². The van der Waals surface area contributed by atoms with Gasteiger partial charge in [-0.3, -0.25) is 9.48 Å². The number of aliphatic hydroxyl groups excluding tert-OH is 1. The Morgan fingerprint density at radius 2 is 2.18 bits per heavy atom. The van der Waals surface area contributed by atoms with Crippen molar-refractivity contribution in [1.82, 2.24) is 15.1 Å². The van der Waals surface area contributed by atoms with Crippen LogP contribution in [0.5, 0.6) is 0 Å². The fourth-order valence-electron chi connectivity index (χ4n) is 1.77. The highest BCUT2D eigenvalue weighted by Gasteiger charge is 2.09. The van der Waals surface area contributed by atoms with Gasteiger partial charge in [-0.1, -0.05) is 25.4 Å². The second-order valence-electron chi connectivity index (χ2n) is 5.58. The second-order valence-corrected chi connectivity index (χ2v) is 5.94. The van der Waals surface area contributed by atoms with Crippen molar-refractivity contribution in [3.8, 4) is 0 Å². The van der Waals surface area contributed by atoms with Crippen molar-refractivity contribution in [2.75, 3.05) is 19.8 Å². The fourth-order valence-corrected chi connectivity index (χ4v) is 2.01. The van der Waals surface area contributed by atoms with Crippen LogP contribution < -0.4 is 5.32 Å². The van der Waals surface area contributed by atoms with Crippen molar-refractivity contribution in [3.63, 3.8) is 0 Å². The van der Waals surface area contributed by atoms with Crippen LogP contribution in [0.4, 0.5) is 0 Å². The first-order chi connectivity index (χ1) is 10.3. The number of carbonyl (C=O) groups is 1. The molecule has 0 aliphatic rings. The number of aliphatic hydroxyl groups is 1. The Balaban J connectivity index is 2.38. The highest BCUT2D eigenvalue weighted by atomic mass is 35.5. The SMILES string of the molecule is Cc1nn(C)c(Cl)c1/C=C/C(=O)NCC(O)COCC(C)C. The van der Waals surface area contributed by atoms with E-state index in [0.29, 0.717) is 23.2 Å². The summed E-state index contributed by atoms with van der Waals surface area (Å²) < 4.78 is 6.85. The molecule has 1 atom stereocenters. The smallest absolute Gasteiger partial charge is 0.244 e. The lowest BCUT2D eigenvalue weighted by molar-refractivity contribution is -0.117. The van der Waals surface area contributed by atoms with Gasteiger partial charge in [0, 0.05) is 31.8 Å². The van der Waals surface area contributed by atoms with Gasteiger partial charge in [-0.05, 0) is 18.9 Å². The zero-order valence-corrected chi connectivity index (χ0v) is 14.2. The summed E-state index contributed by atoms with van der Waals surface area (Å²) >= 11 is 6.07.